The number of aryl methyl sites for hydroxylation is 2. The second kappa shape index (κ2) is 6.92. The van der Waals surface area contributed by atoms with E-state index in [2.05, 4.69) is 10.3 Å². The minimum absolute atomic E-state index is 0.305. The fourth-order valence-corrected chi connectivity index (χ4v) is 2.85. The summed E-state index contributed by atoms with van der Waals surface area (Å²) in [5.41, 5.74) is 3.10. The van der Waals surface area contributed by atoms with E-state index in [0.717, 1.165) is 16.9 Å². The van der Waals surface area contributed by atoms with Gasteiger partial charge in [-0.3, -0.25) is 0 Å². The van der Waals surface area contributed by atoms with Crippen LogP contribution in [0.3, 0.4) is 0 Å². The highest BCUT2D eigenvalue weighted by Gasteiger charge is 2.25. The molecule has 0 spiro atoms. The lowest BCUT2D eigenvalue weighted by Gasteiger charge is -2.08. The second-order valence-electron chi connectivity index (χ2n) is 6.09. The molecular formula is C21H17N3O3. The molecule has 0 aliphatic carbocycles. The Balaban J connectivity index is 1.70. The third-order valence-electron chi connectivity index (χ3n) is 4.11. The van der Waals surface area contributed by atoms with E-state index in [1.54, 1.807) is 17.7 Å². The monoisotopic (exact) mass is 359 g/mol. The van der Waals surface area contributed by atoms with Gasteiger partial charge in [0.1, 0.15) is 17.0 Å². The predicted octanol–water partition coefficient (Wildman–Crippen LogP) is 4.36. The molecule has 0 fully saturated rings. The molecule has 0 aliphatic heterocycles. The van der Waals surface area contributed by atoms with Crippen LogP contribution in [0.1, 0.15) is 21.8 Å². The SMILES string of the molecule is Cc1cc(OC(=O)c2c(-c3ccccc3)noc2C)n(-c2ccccc2)n1. The first-order valence-electron chi connectivity index (χ1n) is 8.49. The first-order chi connectivity index (χ1) is 13.1. The number of para-hydroxylation sites is 1. The molecule has 134 valence electrons. The molecule has 27 heavy (non-hydrogen) atoms. The zero-order valence-electron chi connectivity index (χ0n) is 14.9. The summed E-state index contributed by atoms with van der Waals surface area (Å²) in [6.45, 7) is 3.53. The summed E-state index contributed by atoms with van der Waals surface area (Å²) in [6, 6.07) is 20.6. The normalized spacial score (nSPS) is 10.7. The number of esters is 1. The van der Waals surface area contributed by atoms with Crippen molar-refractivity contribution in [3.05, 3.63) is 83.7 Å². The van der Waals surface area contributed by atoms with Gasteiger partial charge in [0.2, 0.25) is 5.88 Å². The first kappa shape index (κ1) is 16.8. The minimum Gasteiger partial charge on any atom is -0.404 e. The molecule has 6 heteroatoms. The van der Waals surface area contributed by atoms with Crippen molar-refractivity contribution in [3.63, 3.8) is 0 Å². The average Bonchev–Trinajstić information content (AvgIpc) is 3.25. The molecule has 2 aromatic carbocycles. The summed E-state index contributed by atoms with van der Waals surface area (Å²) < 4.78 is 12.5. The lowest BCUT2D eigenvalue weighted by Crippen LogP contribution is -2.13. The van der Waals surface area contributed by atoms with Crippen molar-refractivity contribution in [2.24, 2.45) is 0 Å². The Morgan fingerprint density at radius 3 is 2.37 bits per heavy atom. The molecule has 0 bridgehead atoms. The largest absolute Gasteiger partial charge is 0.404 e. The Kier molecular flexibility index (Phi) is 4.30. The van der Waals surface area contributed by atoms with E-state index in [9.17, 15) is 4.79 Å². The quantitative estimate of drug-likeness (QED) is 0.506. The van der Waals surface area contributed by atoms with Gasteiger partial charge >= 0.3 is 5.97 Å². The second-order valence-corrected chi connectivity index (χ2v) is 6.09. The van der Waals surface area contributed by atoms with Crippen LogP contribution in [0, 0.1) is 13.8 Å². The summed E-state index contributed by atoms with van der Waals surface area (Å²) in [4.78, 5) is 12.9. The smallest absolute Gasteiger partial charge is 0.350 e. The van der Waals surface area contributed by atoms with Crippen LogP contribution in [0.15, 0.2) is 71.3 Å². The van der Waals surface area contributed by atoms with Gasteiger partial charge < -0.3 is 9.26 Å². The molecule has 0 saturated heterocycles. The van der Waals surface area contributed by atoms with Crippen LogP contribution in [-0.2, 0) is 0 Å². The maximum absolute atomic E-state index is 12.9. The van der Waals surface area contributed by atoms with Crippen LogP contribution < -0.4 is 4.74 Å². The zero-order chi connectivity index (χ0) is 18.8. The average molecular weight is 359 g/mol. The van der Waals surface area contributed by atoms with Gasteiger partial charge in [-0.15, -0.1) is 0 Å². The van der Waals surface area contributed by atoms with Gasteiger partial charge in [-0.25, -0.2) is 9.48 Å². The Morgan fingerprint density at radius 1 is 1.00 bits per heavy atom. The summed E-state index contributed by atoms with van der Waals surface area (Å²) in [5.74, 6) is 0.203. The third kappa shape index (κ3) is 3.25. The van der Waals surface area contributed by atoms with Crippen molar-refractivity contribution in [1.82, 2.24) is 14.9 Å². The topological polar surface area (TPSA) is 70.2 Å². The standard InChI is InChI=1S/C21H17N3O3/c1-14-13-18(24(22-14)17-11-7-4-8-12-17)26-21(25)19-15(2)27-23-20(19)16-9-5-3-6-10-16/h3-13H,1-2H3. The van der Waals surface area contributed by atoms with E-state index in [4.69, 9.17) is 9.26 Å². The van der Waals surface area contributed by atoms with Crippen LogP contribution >= 0.6 is 0 Å². The highest BCUT2D eigenvalue weighted by atomic mass is 16.5. The fourth-order valence-electron chi connectivity index (χ4n) is 2.85. The summed E-state index contributed by atoms with van der Waals surface area (Å²) in [7, 11) is 0. The lowest BCUT2D eigenvalue weighted by molar-refractivity contribution is 0.0722. The van der Waals surface area contributed by atoms with Crippen molar-refractivity contribution in [2.45, 2.75) is 13.8 Å². The molecule has 0 atom stereocenters. The summed E-state index contributed by atoms with van der Waals surface area (Å²) in [6.07, 6.45) is 0. The molecule has 2 aromatic heterocycles. The number of hydrogen-bond acceptors (Lipinski definition) is 5. The van der Waals surface area contributed by atoms with Crippen molar-refractivity contribution in [2.75, 3.05) is 0 Å². The zero-order valence-corrected chi connectivity index (χ0v) is 14.9. The molecule has 0 radical (unpaired) electrons. The van der Waals surface area contributed by atoms with E-state index in [0.29, 0.717) is 22.9 Å². The third-order valence-corrected chi connectivity index (χ3v) is 4.11. The number of carbonyl (C=O) groups excluding carboxylic acids is 1. The molecule has 0 saturated carbocycles. The molecule has 4 rings (SSSR count). The van der Waals surface area contributed by atoms with Crippen molar-refractivity contribution in [1.29, 1.82) is 0 Å². The Bertz CT molecular complexity index is 1080. The summed E-state index contributed by atoms with van der Waals surface area (Å²) >= 11 is 0. The van der Waals surface area contributed by atoms with Gasteiger partial charge in [-0.1, -0.05) is 53.7 Å². The van der Waals surface area contributed by atoms with Crippen molar-refractivity contribution < 1.29 is 14.1 Å². The number of carbonyl (C=O) groups is 1. The highest BCUT2D eigenvalue weighted by molar-refractivity contribution is 5.98. The van der Waals surface area contributed by atoms with Gasteiger partial charge in [0.05, 0.1) is 11.4 Å². The Hall–Kier alpha value is -3.67. The molecule has 2 heterocycles. The molecular weight excluding hydrogens is 342 g/mol. The number of hydrogen-bond donors (Lipinski definition) is 0. The Labute approximate surface area is 156 Å². The number of aromatic nitrogens is 3. The van der Waals surface area contributed by atoms with Gasteiger partial charge in [0.15, 0.2) is 0 Å². The van der Waals surface area contributed by atoms with Gasteiger partial charge in [0.25, 0.3) is 0 Å². The number of rotatable bonds is 4. The molecule has 0 unspecified atom stereocenters. The van der Waals surface area contributed by atoms with Gasteiger partial charge in [-0.2, -0.15) is 5.10 Å². The van der Waals surface area contributed by atoms with E-state index in [1.165, 1.54) is 0 Å². The van der Waals surface area contributed by atoms with Crippen LogP contribution in [-0.4, -0.2) is 20.9 Å². The van der Waals surface area contributed by atoms with Gasteiger partial charge in [0, 0.05) is 11.6 Å². The van der Waals surface area contributed by atoms with E-state index in [-0.39, 0.29) is 0 Å². The first-order valence-corrected chi connectivity index (χ1v) is 8.49. The molecule has 6 nitrogen and oxygen atoms in total. The van der Waals surface area contributed by atoms with Crippen LogP contribution in [0.2, 0.25) is 0 Å². The number of nitrogens with zero attached hydrogens (tertiary/aromatic N) is 3. The highest BCUT2D eigenvalue weighted by Crippen LogP contribution is 2.27. The molecule has 4 aromatic rings. The molecule has 0 N–H and O–H groups in total. The molecule has 0 aliphatic rings. The van der Waals surface area contributed by atoms with Crippen molar-refractivity contribution >= 4 is 5.97 Å². The number of ether oxygens (including phenoxy) is 1. The predicted molar refractivity (Wildman–Crippen MR) is 99.9 cm³/mol. The summed E-state index contributed by atoms with van der Waals surface area (Å²) in [5, 5.41) is 8.45. The van der Waals surface area contributed by atoms with E-state index in [1.807, 2.05) is 67.6 Å². The maximum atomic E-state index is 12.9. The van der Waals surface area contributed by atoms with Crippen LogP contribution in [0.4, 0.5) is 0 Å². The number of benzene rings is 2. The van der Waals surface area contributed by atoms with E-state index < -0.39 is 5.97 Å². The van der Waals surface area contributed by atoms with E-state index >= 15 is 0 Å². The van der Waals surface area contributed by atoms with Crippen molar-refractivity contribution in [3.8, 4) is 22.8 Å². The minimum atomic E-state index is -0.537. The maximum Gasteiger partial charge on any atom is 0.350 e. The molecule has 0 amide bonds. The lowest BCUT2D eigenvalue weighted by atomic mass is 10.1. The van der Waals surface area contributed by atoms with Crippen LogP contribution in [0.25, 0.3) is 16.9 Å². The van der Waals surface area contributed by atoms with Gasteiger partial charge in [-0.05, 0) is 26.0 Å². The van der Waals surface area contributed by atoms with Crippen LogP contribution in [0.5, 0.6) is 5.88 Å². The fraction of sp³-hybridized carbons (Fsp3) is 0.0952. The Morgan fingerprint density at radius 2 is 1.67 bits per heavy atom.